The van der Waals surface area contributed by atoms with Crippen molar-refractivity contribution in [2.24, 2.45) is 5.73 Å². The predicted octanol–water partition coefficient (Wildman–Crippen LogP) is 2.44. The van der Waals surface area contributed by atoms with Gasteiger partial charge in [0, 0.05) is 11.9 Å². The normalized spacial score (nSPS) is 20.1. The number of amides is 2. The Hall–Kier alpha value is -3.27. The second kappa shape index (κ2) is 7.86. The molecule has 0 bridgehead atoms. The Labute approximate surface area is 172 Å². The topological polar surface area (TPSA) is 107 Å². The zero-order valence-electron chi connectivity index (χ0n) is 16.9. The summed E-state index contributed by atoms with van der Waals surface area (Å²) >= 11 is 0. The Morgan fingerprint density at radius 1 is 1.30 bits per heavy atom. The average molecular weight is 420 g/mol. The van der Waals surface area contributed by atoms with Crippen LogP contribution >= 0.6 is 0 Å². The van der Waals surface area contributed by atoms with Crippen molar-refractivity contribution in [2.75, 3.05) is 17.3 Å². The summed E-state index contributed by atoms with van der Waals surface area (Å²) in [5, 5.41) is 2.69. The third-order valence-corrected chi connectivity index (χ3v) is 4.82. The van der Waals surface area contributed by atoms with Crippen LogP contribution in [0.5, 0.6) is 5.75 Å². The second-order valence-electron chi connectivity index (χ2n) is 7.28. The molecule has 0 aliphatic carbocycles. The highest BCUT2D eigenvalue weighted by Gasteiger charge is 2.50. The highest BCUT2D eigenvalue weighted by atomic mass is 19.2. The minimum atomic E-state index is -1.16. The van der Waals surface area contributed by atoms with E-state index in [9.17, 15) is 18.4 Å². The van der Waals surface area contributed by atoms with Crippen LogP contribution in [-0.4, -0.2) is 41.8 Å². The first kappa shape index (κ1) is 21.4. The summed E-state index contributed by atoms with van der Waals surface area (Å²) in [4.78, 5) is 29.9. The summed E-state index contributed by atoms with van der Waals surface area (Å²) in [7, 11) is 1.21. The standard InChI is InChI=1S/C20H22F2N4O4/c1-10-16(19(28)25-11-7-8-24-13(9-11)18(23)27)26(20(2,3)30-10)14-6-5-12(21)15(22)17(14)29-4/h5-10,16H,1-4H3,(H2,23,27)(H,24,25,28)/t10-,16?/m1/s1. The van der Waals surface area contributed by atoms with Gasteiger partial charge in [0.05, 0.1) is 18.9 Å². The Kier molecular flexibility index (Phi) is 5.62. The van der Waals surface area contributed by atoms with Crippen molar-refractivity contribution in [3.8, 4) is 5.75 Å². The zero-order chi connectivity index (χ0) is 22.2. The van der Waals surface area contributed by atoms with E-state index in [1.807, 2.05) is 0 Å². The maximum Gasteiger partial charge on any atom is 0.267 e. The van der Waals surface area contributed by atoms with E-state index in [4.69, 9.17) is 15.2 Å². The number of nitrogens with two attached hydrogens (primary N) is 1. The first-order valence-corrected chi connectivity index (χ1v) is 9.12. The molecule has 2 heterocycles. The van der Waals surface area contributed by atoms with Gasteiger partial charge in [-0.15, -0.1) is 0 Å². The SMILES string of the molecule is COc1c(N2C(C(=O)Nc3ccnc(C(N)=O)c3)[C@@H](C)OC2(C)C)ccc(F)c1F. The number of nitrogens with one attached hydrogen (secondary N) is 1. The van der Waals surface area contributed by atoms with Crippen molar-refractivity contribution in [1.29, 1.82) is 0 Å². The van der Waals surface area contributed by atoms with Crippen molar-refractivity contribution in [1.82, 2.24) is 4.98 Å². The lowest BCUT2D eigenvalue weighted by molar-refractivity contribution is -0.118. The van der Waals surface area contributed by atoms with E-state index in [0.717, 1.165) is 6.07 Å². The van der Waals surface area contributed by atoms with Gasteiger partial charge in [-0.1, -0.05) is 0 Å². The lowest BCUT2D eigenvalue weighted by Crippen LogP contribution is -2.50. The molecule has 1 aromatic carbocycles. The molecule has 2 atom stereocenters. The maximum atomic E-state index is 14.3. The van der Waals surface area contributed by atoms with Gasteiger partial charge < -0.3 is 25.4 Å². The van der Waals surface area contributed by atoms with Crippen molar-refractivity contribution >= 4 is 23.2 Å². The summed E-state index contributed by atoms with van der Waals surface area (Å²) in [5.41, 5.74) is 4.65. The first-order chi connectivity index (χ1) is 14.1. The fraction of sp³-hybridized carbons (Fsp3) is 0.350. The van der Waals surface area contributed by atoms with Crippen molar-refractivity contribution in [3.63, 3.8) is 0 Å². The van der Waals surface area contributed by atoms with Crippen LogP contribution in [0.15, 0.2) is 30.5 Å². The number of benzene rings is 1. The molecule has 0 radical (unpaired) electrons. The van der Waals surface area contributed by atoms with Gasteiger partial charge in [-0.2, -0.15) is 4.39 Å². The third kappa shape index (κ3) is 3.78. The number of anilines is 2. The number of rotatable bonds is 5. The molecule has 0 saturated carbocycles. The lowest BCUT2D eigenvalue weighted by Gasteiger charge is -2.36. The van der Waals surface area contributed by atoms with Crippen LogP contribution < -0.4 is 20.7 Å². The van der Waals surface area contributed by atoms with Gasteiger partial charge in [-0.05, 0) is 45.0 Å². The molecule has 30 heavy (non-hydrogen) atoms. The molecule has 2 aromatic rings. The fourth-order valence-electron chi connectivity index (χ4n) is 3.66. The van der Waals surface area contributed by atoms with E-state index in [-0.39, 0.29) is 17.1 Å². The summed E-state index contributed by atoms with van der Waals surface area (Å²) in [6.07, 6.45) is 0.736. The Morgan fingerprint density at radius 3 is 2.63 bits per heavy atom. The van der Waals surface area contributed by atoms with E-state index in [2.05, 4.69) is 10.3 Å². The van der Waals surface area contributed by atoms with Gasteiger partial charge in [-0.3, -0.25) is 14.6 Å². The van der Waals surface area contributed by atoms with Crippen molar-refractivity contribution in [2.45, 2.75) is 38.6 Å². The third-order valence-electron chi connectivity index (χ3n) is 4.82. The largest absolute Gasteiger partial charge is 0.491 e. The monoisotopic (exact) mass is 420 g/mol. The molecule has 1 saturated heterocycles. The van der Waals surface area contributed by atoms with Gasteiger partial charge >= 0.3 is 0 Å². The van der Waals surface area contributed by atoms with E-state index in [0.29, 0.717) is 5.69 Å². The molecule has 1 aliphatic rings. The van der Waals surface area contributed by atoms with Gasteiger partial charge in [0.1, 0.15) is 17.5 Å². The number of carbonyl (C=O) groups is 2. The number of carbonyl (C=O) groups excluding carboxylic acids is 2. The molecule has 1 aliphatic heterocycles. The Morgan fingerprint density at radius 2 is 2.00 bits per heavy atom. The maximum absolute atomic E-state index is 14.3. The van der Waals surface area contributed by atoms with E-state index in [1.54, 1.807) is 20.8 Å². The van der Waals surface area contributed by atoms with Crippen molar-refractivity contribution < 1.29 is 27.8 Å². The average Bonchev–Trinajstić information content (AvgIpc) is 2.92. The summed E-state index contributed by atoms with van der Waals surface area (Å²) < 4.78 is 39.1. The van der Waals surface area contributed by atoms with Gasteiger partial charge in [0.2, 0.25) is 11.7 Å². The zero-order valence-corrected chi connectivity index (χ0v) is 16.9. The molecule has 10 heteroatoms. The number of methoxy groups -OCH3 is 1. The van der Waals surface area contributed by atoms with E-state index < -0.39 is 41.3 Å². The number of nitrogens with zero attached hydrogens (tertiary/aromatic N) is 2. The van der Waals surface area contributed by atoms with Gasteiger partial charge in [0.25, 0.3) is 5.91 Å². The Balaban J connectivity index is 2.00. The molecule has 3 rings (SSSR count). The molecular formula is C20H22F2N4O4. The van der Waals surface area contributed by atoms with Crippen LogP contribution in [0.4, 0.5) is 20.2 Å². The predicted molar refractivity (Wildman–Crippen MR) is 105 cm³/mol. The Bertz CT molecular complexity index is 999. The van der Waals surface area contributed by atoms with Crippen LogP contribution in [0.25, 0.3) is 0 Å². The molecule has 1 unspecified atom stereocenters. The van der Waals surface area contributed by atoms with Crippen LogP contribution in [0.1, 0.15) is 31.3 Å². The number of ether oxygens (including phenoxy) is 2. The highest BCUT2D eigenvalue weighted by molar-refractivity contribution is 5.99. The van der Waals surface area contributed by atoms with Crippen LogP contribution in [0.2, 0.25) is 0 Å². The number of aromatic nitrogens is 1. The fourth-order valence-corrected chi connectivity index (χ4v) is 3.66. The summed E-state index contributed by atoms with van der Waals surface area (Å²) in [6, 6.07) is 4.22. The molecule has 3 N–H and O–H groups in total. The molecular weight excluding hydrogens is 398 g/mol. The van der Waals surface area contributed by atoms with Crippen LogP contribution in [0, 0.1) is 11.6 Å². The molecule has 8 nitrogen and oxygen atoms in total. The number of pyridine rings is 1. The quantitative estimate of drug-likeness (QED) is 0.770. The van der Waals surface area contributed by atoms with E-state index in [1.165, 1.54) is 36.4 Å². The molecule has 1 fully saturated rings. The smallest absolute Gasteiger partial charge is 0.267 e. The summed E-state index contributed by atoms with van der Waals surface area (Å²) in [6.45, 7) is 5.10. The number of primary amides is 1. The van der Waals surface area contributed by atoms with Gasteiger partial charge in [0.15, 0.2) is 11.6 Å². The van der Waals surface area contributed by atoms with Gasteiger partial charge in [-0.25, -0.2) is 4.39 Å². The first-order valence-electron chi connectivity index (χ1n) is 9.12. The molecule has 2 amide bonds. The highest BCUT2D eigenvalue weighted by Crippen LogP contribution is 2.43. The molecule has 160 valence electrons. The van der Waals surface area contributed by atoms with Crippen molar-refractivity contribution in [3.05, 3.63) is 47.8 Å². The summed E-state index contributed by atoms with van der Waals surface area (Å²) in [5.74, 6) is -3.79. The van der Waals surface area contributed by atoms with Crippen LogP contribution in [-0.2, 0) is 9.53 Å². The number of hydrogen-bond donors (Lipinski definition) is 2. The molecule has 0 spiro atoms. The minimum absolute atomic E-state index is 0.0111. The second-order valence-corrected chi connectivity index (χ2v) is 7.28. The molecule has 1 aromatic heterocycles. The van der Waals surface area contributed by atoms with E-state index >= 15 is 0 Å². The lowest BCUT2D eigenvalue weighted by atomic mass is 10.1. The number of halogens is 2. The van der Waals surface area contributed by atoms with Crippen LogP contribution in [0.3, 0.4) is 0 Å². The number of hydrogen-bond acceptors (Lipinski definition) is 6. The minimum Gasteiger partial charge on any atom is -0.491 e.